The molecule has 3 rings (SSSR count). The molecule has 1 aromatic heterocycles. The molecule has 0 radical (unpaired) electrons. The van der Waals surface area contributed by atoms with Crippen LogP contribution in [-0.4, -0.2) is 36.1 Å². The number of hydrogen-bond donors (Lipinski definition) is 2. The van der Waals surface area contributed by atoms with Crippen molar-refractivity contribution in [3.63, 3.8) is 0 Å². The topological polar surface area (TPSA) is 92.0 Å². The Hall–Kier alpha value is -3.32. The number of anilines is 1. The van der Waals surface area contributed by atoms with Gasteiger partial charge in [-0.1, -0.05) is 13.8 Å². The molecule has 1 heterocycles. The monoisotopic (exact) mass is 410 g/mol. The number of nitrogens with one attached hydrogen (secondary N) is 1. The maximum absolute atomic E-state index is 12.5. The van der Waals surface area contributed by atoms with E-state index in [1.807, 2.05) is 24.8 Å². The third-order valence-corrected chi connectivity index (χ3v) is 4.99. The van der Waals surface area contributed by atoms with Crippen LogP contribution in [0.25, 0.3) is 11.0 Å². The minimum atomic E-state index is -0.486. The summed E-state index contributed by atoms with van der Waals surface area (Å²) in [5.74, 6) is 0.674. The maximum Gasteiger partial charge on any atom is 0.336 e. The standard InChI is InChI=1S/C23H26N2O5/c1-4-15-10-19-16(11-23(28)30-21(19)12-20(15)26)13-25(5-2)14-22(27)24-17-6-8-18(29-3)9-7-17/h6-12,26H,4-5,13-14H2,1-3H3,(H,24,27). The zero-order chi connectivity index (χ0) is 21.7. The number of likely N-dealkylation sites (N-methyl/N-ethyl adjacent to an activating group) is 1. The second-order valence-electron chi connectivity index (χ2n) is 7.00. The molecule has 0 aliphatic carbocycles. The van der Waals surface area contributed by atoms with Gasteiger partial charge in [0.15, 0.2) is 0 Å². The van der Waals surface area contributed by atoms with E-state index in [0.29, 0.717) is 30.8 Å². The first-order chi connectivity index (χ1) is 14.4. The quantitative estimate of drug-likeness (QED) is 0.552. The normalized spacial score (nSPS) is 11.1. The van der Waals surface area contributed by atoms with Crippen molar-refractivity contribution in [1.29, 1.82) is 0 Å². The minimum absolute atomic E-state index is 0.108. The van der Waals surface area contributed by atoms with Crippen LogP contribution in [0.15, 0.2) is 51.7 Å². The van der Waals surface area contributed by atoms with E-state index in [1.165, 1.54) is 12.1 Å². The number of aromatic hydroxyl groups is 1. The smallest absolute Gasteiger partial charge is 0.336 e. The molecule has 0 aliphatic rings. The zero-order valence-electron chi connectivity index (χ0n) is 17.4. The number of benzene rings is 2. The molecule has 0 aliphatic heterocycles. The average molecular weight is 410 g/mol. The summed E-state index contributed by atoms with van der Waals surface area (Å²) in [5, 5.41) is 13.7. The average Bonchev–Trinajstić information content (AvgIpc) is 2.73. The summed E-state index contributed by atoms with van der Waals surface area (Å²) in [6.07, 6.45) is 0.655. The number of phenolic OH excluding ortho intramolecular Hbond substituents is 1. The van der Waals surface area contributed by atoms with Crippen molar-refractivity contribution >= 4 is 22.6 Å². The Morgan fingerprint density at radius 2 is 1.87 bits per heavy atom. The molecule has 2 aromatic carbocycles. The van der Waals surface area contributed by atoms with Crippen molar-refractivity contribution in [2.75, 3.05) is 25.5 Å². The molecule has 0 unspecified atom stereocenters. The Kier molecular flexibility index (Phi) is 6.74. The van der Waals surface area contributed by atoms with E-state index in [4.69, 9.17) is 9.15 Å². The zero-order valence-corrected chi connectivity index (χ0v) is 17.4. The van der Waals surface area contributed by atoms with E-state index in [-0.39, 0.29) is 18.2 Å². The molecule has 7 nitrogen and oxygen atoms in total. The molecule has 2 N–H and O–H groups in total. The van der Waals surface area contributed by atoms with Gasteiger partial charge in [0, 0.05) is 29.8 Å². The molecule has 7 heteroatoms. The summed E-state index contributed by atoms with van der Waals surface area (Å²) in [6.45, 7) is 5.10. The Morgan fingerprint density at radius 1 is 1.13 bits per heavy atom. The predicted molar refractivity (Wildman–Crippen MR) is 116 cm³/mol. The van der Waals surface area contributed by atoms with Crippen LogP contribution in [0.5, 0.6) is 11.5 Å². The van der Waals surface area contributed by atoms with Gasteiger partial charge in [-0.3, -0.25) is 9.69 Å². The fourth-order valence-corrected chi connectivity index (χ4v) is 3.32. The number of methoxy groups -OCH3 is 1. The number of fused-ring (bicyclic) bond motifs is 1. The van der Waals surface area contributed by atoms with Gasteiger partial charge in [0.2, 0.25) is 5.91 Å². The number of rotatable bonds is 8. The van der Waals surface area contributed by atoms with Crippen molar-refractivity contribution in [3.8, 4) is 11.5 Å². The van der Waals surface area contributed by atoms with Gasteiger partial charge in [0.25, 0.3) is 0 Å². The van der Waals surface area contributed by atoms with E-state index in [0.717, 1.165) is 22.3 Å². The van der Waals surface area contributed by atoms with Gasteiger partial charge >= 0.3 is 5.63 Å². The Bertz CT molecular complexity index is 1090. The highest BCUT2D eigenvalue weighted by atomic mass is 16.5. The second-order valence-corrected chi connectivity index (χ2v) is 7.00. The molecule has 30 heavy (non-hydrogen) atoms. The summed E-state index contributed by atoms with van der Waals surface area (Å²) in [5.41, 5.74) is 2.07. The van der Waals surface area contributed by atoms with E-state index in [1.54, 1.807) is 31.4 Å². The van der Waals surface area contributed by atoms with Crippen molar-refractivity contribution in [2.45, 2.75) is 26.8 Å². The number of carbonyl (C=O) groups excluding carboxylic acids is 1. The molecule has 0 spiro atoms. The number of carbonyl (C=O) groups is 1. The van der Waals surface area contributed by atoms with Gasteiger partial charge in [0.1, 0.15) is 17.1 Å². The lowest BCUT2D eigenvalue weighted by atomic mass is 10.0. The van der Waals surface area contributed by atoms with Crippen molar-refractivity contribution in [3.05, 3.63) is 64.0 Å². The first-order valence-electron chi connectivity index (χ1n) is 9.88. The Labute approximate surface area is 174 Å². The van der Waals surface area contributed by atoms with Crippen molar-refractivity contribution in [1.82, 2.24) is 4.90 Å². The Morgan fingerprint density at radius 3 is 2.50 bits per heavy atom. The third kappa shape index (κ3) is 4.99. The van der Waals surface area contributed by atoms with Crippen LogP contribution >= 0.6 is 0 Å². The number of nitrogens with zero attached hydrogens (tertiary/aromatic N) is 1. The van der Waals surface area contributed by atoms with E-state index in [2.05, 4.69) is 5.32 Å². The molecule has 3 aromatic rings. The van der Waals surface area contributed by atoms with E-state index >= 15 is 0 Å². The highest BCUT2D eigenvalue weighted by Gasteiger charge is 2.15. The number of amides is 1. The van der Waals surface area contributed by atoms with Gasteiger partial charge in [-0.05, 0) is 54.4 Å². The van der Waals surface area contributed by atoms with Gasteiger partial charge in [0.05, 0.1) is 13.7 Å². The van der Waals surface area contributed by atoms with Gasteiger partial charge < -0.3 is 19.6 Å². The SMILES string of the molecule is CCc1cc2c(CN(CC)CC(=O)Nc3ccc(OC)cc3)cc(=O)oc2cc1O. The molecule has 0 fully saturated rings. The molecular formula is C23H26N2O5. The molecular weight excluding hydrogens is 384 g/mol. The van der Waals surface area contributed by atoms with Crippen molar-refractivity contribution in [2.24, 2.45) is 0 Å². The Balaban J connectivity index is 1.78. The lowest BCUT2D eigenvalue weighted by Gasteiger charge is -2.21. The largest absolute Gasteiger partial charge is 0.508 e. The molecule has 0 atom stereocenters. The first-order valence-corrected chi connectivity index (χ1v) is 9.88. The highest BCUT2D eigenvalue weighted by Crippen LogP contribution is 2.27. The van der Waals surface area contributed by atoms with Crippen LogP contribution in [0.1, 0.15) is 25.0 Å². The number of ether oxygens (including phenoxy) is 1. The third-order valence-electron chi connectivity index (χ3n) is 4.99. The summed E-state index contributed by atoms with van der Waals surface area (Å²) < 4.78 is 10.4. The highest BCUT2D eigenvalue weighted by molar-refractivity contribution is 5.92. The van der Waals surface area contributed by atoms with Crippen LogP contribution in [0.2, 0.25) is 0 Å². The van der Waals surface area contributed by atoms with Crippen LogP contribution in [0.3, 0.4) is 0 Å². The maximum atomic E-state index is 12.5. The van der Waals surface area contributed by atoms with E-state index < -0.39 is 5.63 Å². The molecule has 158 valence electrons. The first kappa shape index (κ1) is 21.4. The summed E-state index contributed by atoms with van der Waals surface area (Å²) in [7, 11) is 1.59. The van der Waals surface area contributed by atoms with Gasteiger partial charge in [-0.25, -0.2) is 4.79 Å². The molecule has 1 amide bonds. The minimum Gasteiger partial charge on any atom is -0.508 e. The number of aryl methyl sites for hydroxylation is 1. The van der Waals surface area contributed by atoms with Crippen LogP contribution in [0, 0.1) is 0 Å². The summed E-state index contributed by atoms with van der Waals surface area (Å²) >= 11 is 0. The van der Waals surface area contributed by atoms with Crippen LogP contribution < -0.4 is 15.7 Å². The predicted octanol–water partition coefficient (Wildman–Crippen LogP) is 3.53. The fourth-order valence-electron chi connectivity index (χ4n) is 3.32. The van der Waals surface area contributed by atoms with Gasteiger partial charge in [-0.15, -0.1) is 0 Å². The second kappa shape index (κ2) is 9.45. The fraction of sp³-hybridized carbons (Fsp3) is 0.304. The van der Waals surface area contributed by atoms with Crippen LogP contribution in [0.4, 0.5) is 5.69 Å². The van der Waals surface area contributed by atoms with Gasteiger partial charge in [-0.2, -0.15) is 0 Å². The number of hydrogen-bond acceptors (Lipinski definition) is 6. The lowest BCUT2D eigenvalue weighted by molar-refractivity contribution is -0.117. The lowest BCUT2D eigenvalue weighted by Crippen LogP contribution is -2.33. The molecule has 0 bridgehead atoms. The van der Waals surface area contributed by atoms with Crippen molar-refractivity contribution < 1.29 is 19.1 Å². The summed E-state index contributed by atoms with van der Waals surface area (Å²) in [4.78, 5) is 26.4. The van der Waals surface area contributed by atoms with E-state index in [9.17, 15) is 14.7 Å². The summed E-state index contributed by atoms with van der Waals surface area (Å²) in [6, 6.07) is 11.9. The molecule has 0 saturated heterocycles. The molecule has 0 saturated carbocycles. The van der Waals surface area contributed by atoms with Crippen LogP contribution in [-0.2, 0) is 17.8 Å². The number of phenols is 1.